The van der Waals surface area contributed by atoms with Crippen LogP contribution in [0.4, 0.5) is 0 Å². The third-order valence-corrected chi connectivity index (χ3v) is 7.18. The highest BCUT2D eigenvalue weighted by Crippen LogP contribution is 2.34. The molecule has 0 aliphatic carbocycles. The Balaban J connectivity index is 1.50. The van der Waals surface area contributed by atoms with Crippen LogP contribution in [-0.2, 0) is 12.0 Å². The average molecular weight is 530 g/mol. The van der Waals surface area contributed by atoms with Gasteiger partial charge in [0, 0.05) is 10.9 Å². The highest BCUT2D eigenvalue weighted by molar-refractivity contribution is 6.08. The van der Waals surface area contributed by atoms with Gasteiger partial charge in [0.15, 0.2) is 0 Å². The number of hydrogen-bond acceptors (Lipinski definition) is 4. The molecule has 0 spiro atoms. The van der Waals surface area contributed by atoms with Crippen LogP contribution >= 0.6 is 0 Å². The second-order valence-electron chi connectivity index (χ2n) is 11.4. The number of carbonyl (C=O) groups excluding carboxylic acids is 1. The fraction of sp³-hybridized carbons (Fsp3) is 0.222. The normalized spacial score (nSPS) is 11.4. The van der Waals surface area contributed by atoms with Crippen LogP contribution in [0.3, 0.4) is 0 Å². The third kappa shape index (κ3) is 5.76. The molecule has 0 aliphatic rings. The summed E-state index contributed by atoms with van der Waals surface area (Å²) in [5, 5.41) is 0.804. The van der Waals surface area contributed by atoms with Crippen LogP contribution in [0, 0.1) is 20.8 Å². The number of fused-ring (bicyclic) bond motifs is 1. The lowest BCUT2D eigenvalue weighted by atomic mass is 9.87. The molecule has 0 radical (unpaired) electrons. The first kappa shape index (κ1) is 27.1. The van der Waals surface area contributed by atoms with E-state index in [9.17, 15) is 4.79 Å². The van der Waals surface area contributed by atoms with Crippen molar-refractivity contribution in [1.29, 1.82) is 0 Å². The van der Waals surface area contributed by atoms with E-state index in [0.717, 1.165) is 50.2 Å². The molecular weight excluding hydrogens is 494 g/mol. The first-order chi connectivity index (χ1) is 19.1. The second kappa shape index (κ2) is 11.0. The molecule has 202 valence electrons. The van der Waals surface area contributed by atoms with Gasteiger partial charge >= 0.3 is 5.97 Å². The van der Waals surface area contributed by atoms with Crippen molar-refractivity contribution in [2.75, 3.05) is 0 Å². The maximum Gasteiger partial charge on any atom is 0.344 e. The van der Waals surface area contributed by atoms with Gasteiger partial charge in [-0.15, -0.1) is 0 Å². The Morgan fingerprint density at radius 2 is 1.45 bits per heavy atom. The zero-order chi connectivity index (χ0) is 28.4. The summed E-state index contributed by atoms with van der Waals surface area (Å²) < 4.78 is 11.9. The predicted molar refractivity (Wildman–Crippen MR) is 162 cm³/mol. The first-order valence-electron chi connectivity index (χ1n) is 13.6. The Kier molecular flexibility index (Phi) is 7.44. The van der Waals surface area contributed by atoms with E-state index < -0.39 is 0 Å². The smallest absolute Gasteiger partial charge is 0.344 e. The largest absolute Gasteiger partial charge is 0.489 e. The molecule has 0 atom stereocenters. The molecule has 5 rings (SSSR count). The van der Waals surface area contributed by atoms with Gasteiger partial charge in [-0.05, 0) is 90.9 Å². The Morgan fingerprint density at radius 1 is 0.800 bits per heavy atom. The van der Waals surface area contributed by atoms with Crippen molar-refractivity contribution in [3.8, 4) is 22.8 Å². The molecular formula is C36H35NO3. The third-order valence-electron chi connectivity index (χ3n) is 7.18. The zero-order valence-corrected chi connectivity index (χ0v) is 24.0. The molecule has 5 aromatic rings. The van der Waals surface area contributed by atoms with E-state index in [1.54, 1.807) is 0 Å². The molecule has 0 N–H and O–H groups in total. The van der Waals surface area contributed by atoms with Crippen LogP contribution in [0.15, 0.2) is 91.0 Å². The summed E-state index contributed by atoms with van der Waals surface area (Å²) in [5.41, 5.74) is 8.19. The molecule has 0 aliphatic heterocycles. The van der Waals surface area contributed by atoms with Crippen molar-refractivity contribution in [1.82, 2.24) is 4.98 Å². The highest BCUT2D eigenvalue weighted by Gasteiger charge is 2.22. The van der Waals surface area contributed by atoms with Gasteiger partial charge in [0.25, 0.3) is 0 Å². The molecule has 0 saturated carbocycles. The lowest BCUT2D eigenvalue weighted by Crippen LogP contribution is -2.14. The molecule has 4 heteroatoms. The minimum Gasteiger partial charge on any atom is -0.489 e. The van der Waals surface area contributed by atoms with Crippen molar-refractivity contribution in [2.45, 2.75) is 53.6 Å². The summed E-state index contributed by atoms with van der Waals surface area (Å²) in [6.45, 7) is 13.0. The number of aryl methyl sites for hydroxylation is 2. The minimum atomic E-state index is -0.387. The van der Waals surface area contributed by atoms with Gasteiger partial charge in [-0.2, -0.15) is 0 Å². The van der Waals surface area contributed by atoms with E-state index in [1.165, 1.54) is 5.56 Å². The standard InChI is InChI=1S/C36H35NO3/c1-23-20-24(2)33-31(21-23)32(35(38)40-30-18-14-28(15-19-30)36(4,5)6)25(3)34(37-33)27-12-16-29(17-13-27)39-22-26-10-8-7-9-11-26/h7-21H,22H2,1-6H3. The van der Waals surface area contributed by atoms with Crippen LogP contribution < -0.4 is 9.47 Å². The topological polar surface area (TPSA) is 48.4 Å². The first-order valence-corrected chi connectivity index (χ1v) is 13.6. The monoisotopic (exact) mass is 529 g/mol. The van der Waals surface area contributed by atoms with Crippen molar-refractivity contribution in [2.24, 2.45) is 0 Å². The predicted octanol–water partition coefficient (Wildman–Crippen LogP) is 8.92. The van der Waals surface area contributed by atoms with Crippen LogP contribution in [0.5, 0.6) is 11.5 Å². The fourth-order valence-electron chi connectivity index (χ4n) is 4.99. The van der Waals surface area contributed by atoms with Gasteiger partial charge in [0.05, 0.1) is 16.8 Å². The molecule has 1 aromatic heterocycles. The van der Waals surface area contributed by atoms with E-state index in [2.05, 4.69) is 26.8 Å². The van der Waals surface area contributed by atoms with Crippen molar-refractivity contribution in [3.05, 3.63) is 124 Å². The van der Waals surface area contributed by atoms with Gasteiger partial charge in [0.1, 0.15) is 18.1 Å². The van der Waals surface area contributed by atoms with Crippen molar-refractivity contribution >= 4 is 16.9 Å². The molecule has 0 fully saturated rings. The molecule has 0 saturated heterocycles. The number of carbonyl (C=O) groups is 1. The van der Waals surface area contributed by atoms with Crippen molar-refractivity contribution in [3.63, 3.8) is 0 Å². The summed E-state index contributed by atoms with van der Waals surface area (Å²) in [4.78, 5) is 18.8. The average Bonchev–Trinajstić information content (AvgIpc) is 2.92. The van der Waals surface area contributed by atoms with Crippen LogP contribution in [-0.4, -0.2) is 11.0 Å². The quantitative estimate of drug-likeness (QED) is 0.163. The molecule has 0 bridgehead atoms. The maximum absolute atomic E-state index is 13.7. The fourth-order valence-corrected chi connectivity index (χ4v) is 4.99. The number of pyridine rings is 1. The Morgan fingerprint density at radius 3 is 2.10 bits per heavy atom. The van der Waals surface area contributed by atoms with Gasteiger partial charge in [-0.1, -0.05) is 74.9 Å². The van der Waals surface area contributed by atoms with E-state index in [-0.39, 0.29) is 11.4 Å². The number of rotatable bonds is 6. The maximum atomic E-state index is 13.7. The Bertz CT molecular complexity index is 1660. The lowest BCUT2D eigenvalue weighted by molar-refractivity contribution is 0.0736. The number of hydrogen-bond donors (Lipinski definition) is 0. The Labute approximate surface area is 236 Å². The number of esters is 1. The van der Waals surface area contributed by atoms with Gasteiger partial charge in [-0.3, -0.25) is 0 Å². The van der Waals surface area contributed by atoms with Crippen molar-refractivity contribution < 1.29 is 14.3 Å². The summed E-state index contributed by atoms with van der Waals surface area (Å²) in [6.07, 6.45) is 0. The Hall–Kier alpha value is -4.44. The van der Waals surface area contributed by atoms with E-state index >= 15 is 0 Å². The van der Waals surface area contributed by atoms with Gasteiger partial charge in [0.2, 0.25) is 0 Å². The van der Waals surface area contributed by atoms with E-state index in [1.807, 2.05) is 106 Å². The highest BCUT2D eigenvalue weighted by atomic mass is 16.5. The van der Waals surface area contributed by atoms with Gasteiger partial charge < -0.3 is 9.47 Å². The molecule has 40 heavy (non-hydrogen) atoms. The molecule has 4 nitrogen and oxygen atoms in total. The molecule has 1 heterocycles. The van der Waals surface area contributed by atoms with E-state index in [0.29, 0.717) is 17.9 Å². The lowest BCUT2D eigenvalue weighted by Gasteiger charge is -2.19. The summed E-state index contributed by atoms with van der Waals surface area (Å²) >= 11 is 0. The number of benzene rings is 4. The van der Waals surface area contributed by atoms with Crippen LogP contribution in [0.2, 0.25) is 0 Å². The molecule has 4 aromatic carbocycles. The number of ether oxygens (including phenoxy) is 2. The zero-order valence-electron chi connectivity index (χ0n) is 24.0. The van der Waals surface area contributed by atoms with Crippen LogP contribution in [0.25, 0.3) is 22.2 Å². The summed E-state index contributed by atoms with van der Waals surface area (Å²) in [7, 11) is 0. The summed E-state index contributed by atoms with van der Waals surface area (Å²) in [6, 6.07) is 29.8. The number of nitrogens with zero attached hydrogens (tertiary/aromatic N) is 1. The SMILES string of the molecule is Cc1cc(C)c2nc(-c3ccc(OCc4ccccc4)cc3)c(C)c(C(=O)Oc3ccc(C(C)(C)C)cc3)c2c1. The van der Waals surface area contributed by atoms with Gasteiger partial charge in [-0.25, -0.2) is 9.78 Å². The number of aromatic nitrogens is 1. The summed E-state index contributed by atoms with van der Waals surface area (Å²) in [5.74, 6) is 0.909. The second-order valence-corrected chi connectivity index (χ2v) is 11.4. The van der Waals surface area contributed by atoms with Crippen LogP contribution in [0.1, 0.15) is 58.9 Å². The van der Waals surface area contributed by atoms with E-state index in [4.69, 9.17) is 14.5 Å². The molecule has 0 amide bonds. The minimum absolute atomic E-state index is 0.0204. The molecule has 0 unspecified atom stereocenters.